The van der Waals surface area contributed by atoms with E-state index in [1.54, 1.807) is 0 Å². The van der Waals surface area contributed by atoms with Crippen LogP contribution in [0.25, 0.3) is 5.57 Å². The monoisotopic (exact) mass is 282 g/mol. The van der Waals surface area contributed by atoms with E-state index in [2.05, 4.69) is 76.8 Å². The topological polar surface area (TPSA) is 0 Å². The number of hydrogen-bond acceptors (Lipinski definition) is 0. The van der Waals surface area contributed by atoms with Gasteiger partial charge in [-0.2, -0.15) is 0 Å². The van der Waals surface area contributed by atoms with Crippen LogP contribution in [0.3, 0.4) is 0 Å². The van der Waals surface area contributed by atoms with Crippen LogP contribution >= 0.6 is 0 Å². The van der Waals surface area contributed by atoms with Crippen LogP contribution in [0, 0.1) is 5.41 Å². The Morgan fingerprint density at radius 1 is 1.05 bits per heavy atom. The summed E-state index contributed by atoms with van der Waals surface area (Å²) in [6.07, 6.45) is 11.1. The number of allylic oxidation sites excluding steroid dienone is 5. The zero-order valence-corrected chi connectivity index (χ0v) is 14.2. The molecule has 0 fully saturated rings. The molecular formula is C21H30. The molecule has 0 spiro atoms. The fraction of sp³-hybridized carbons (Fsp3) is 0.429. The molecule has 0 saturated carbocycles. The largest absolute Gasteiger partial charge is 0.103 e. The highest BCUT2D eigenvalue weighted by Gasteiger charge is 2.18. The van der Waals surface area contributed by atoms with E-state index in [-0.39, 0.29) is 5.41 Å². The number of rotatable bonds is 7. The molecule has 0 unspecified atom stereocenters. The van der Waals surface area contributed by atoms with E-state index in [0.717, 1.165) is 25.7 Å². The van der Waals surface area contributed by atoms with Crippen molar-refractivity contribution >= 4 is 5.57 Å². The maximum atomic E-state index is 3.79. The molecule has 0 radical (unpaired) electrons. The first kappa shape index (κ1) is 17.5. The molecule has 1 aromatic rings. The van der Waals surface area contributed by atoms with Gasteiger partial charge in [-0.05, 0) is 42.2 Å². The van der Waals surface area contributed by atoms with E-state index in [1.165, 1.54) is 16.7 Å². The maximum absolute atomic E-state index is 3.79. The molecule has 0 nitrogen and oxygen atoms in total. The molecule has 0 aromatic heterocycles. The molecule has 0 aliphatic carbocycles. The molecule has 0 heteroatoms. The van der Waals surface area contributed by atoms with Crippen LogP contribution in [0.15, 0.2) is 60.7 Å². The van der Waals surface area contributed by atoms with Crippen molar-refractivity contribution in [2.24, 2.45) is 5.41 Å². The third kappa shape index (κ3) is 6.16. The quantitative estimate of drug-likeness (QED) is 0.380. The number of unbranched alkanes of at least 4 members (excludes halogenated alkanes) is 1. The summed E-state index contributed by atoms with van der Waals surface area (Å²) in [5.74, 6) is 0. The molecule has 0 amide bonds. The van der Waals surface area contributed by atoms with Gasteiger partial charge >= 0.3 is 0 Å². The number of hydrogen-bond donors (Lipinski definition) is 0. The van der Waals surface area contributed by atoms with Crippen LogP contribution in [0.1, 0.15) is 58.9 Å². The molecule has 0 atom stereocenters. The Bertz CT molecular complexity index is 481. The van der Waals surface area contributed by atoms with Crippen molar-refractivity contribution in [1.82, 2.24) is 0 Å². The average molecular weight is 282 g/mol. The fourth-order valence-corrected chi connectivity index (χ4v) is 2.49. The van der Waals surface area contributed by atoms with Crippen LogP contribution in [-0.4, -0.2) is 0 Å². The Hall–Kier alpha value is -1.56. The average Bonchev–Trinajstić information content (AvgIpc) is 2.45. The van der Waals surface area contributed by atoms with Gasteiger partial charge in [-0.3, -0.25) is 0 Å². The van der Waals surface area contributed by atoms with Crippen molar-refractivity contribution in [3.63, 3.8) is 0 Å². The van der Waals surface area contributed by atoms with E-state index in [1.807, 2.05) is 6.08 Å². The van der Waals surface area contributed by atoms with Crippen LogP contribution in [-0.2, 0) is 0 Å². The van der Waals surface area contributed by atoms with E-state index in [4.69, 9.17) is 0 Å². The van der Waals surface area contributed by atoms with Crippen molar-refractivity contribution in [2.45, 2.75) is 53.4 Å². The Morgan fingerprint density at radius 3 is 2.24 bits per heavy atom. The van der Waals surface area contributed by atoms with Gasteiger partial charge in [-0.25, -0.2) is 0 Å². The molecule has 21 heavy (non-hydrogen) atoms. The summed E-state index contributed by atoms with van der Waals surface area (Å²) >= 11 is 0. The normalized spacial score (nSPS) is 13.3. The summed E-state index contributed by atoms with van der Waals surface area (Å²) < 4.78 is 0. The first-order valence-corrected chi connectivity index (χ1v) is 8.04. The Kier molecular flexibility index (Phi) is 7.22. The zero-order chi connectivity index (χ0) is 15.7. The van der Waals surface area contributed by atoms with Gasteiger partial charge in [-0.1, -0.05) is 81.8 Å². The Morgan fingerprint density at radius 2 is 1.71 bits per heavy atom. The second-order valence-electron chi connectivity index (χ2n) is 6.52. The summed E-state index contributed by atoms with van der Waals surface area (Å²) in [4.78, 5) is 0. The smallest absolute Gasteiger partial charge is 0.0129 e. The van der Waals surface area contributed by atoms with Crippen molar-refractivity contribution in [3.8, 4) is 0 Å². The van der Waals surface area contributed by atoms with Crippen LogP contribution in [0.4, 0.5) is 0 Å². The second kappa shape index (κ2) is 8.67. The Labute approximate surface area is 131 Å². The molecular weight excluding hydrogens is 252 g/mol. The zero-order valence-electron chi connectivity index (χ0n) is 14.2. The van der Waals surface area contributed by atoms with Gasteiger partial charge in [0.05, 0.1) is 0 Å². The summed E-state index contributed by atoms with van der Waals surface area (Å²) in [6.45, 7) is 12.9. The minimum atomic E-state index is 0.168. The van der Waals surface area contributed by atoms with Gasteiger partial charge in [0.25, 0.3) is 0 Å². The van der Waals surface area contributed by atoms with Crippen LogP contribution < -0.4 is 0 Å². The third-order valence-electron chi connectivity index (χ3n) is 3.72. The van der Waals surface area contributed by atoms with Crippen molar-refractivity contribution in [2.75, 3.05) is 0 Å². The molecule has 1 rings (SSSR count). The fourth-order valence-electron chi connectivity index (χ4n) is 2.49. The van der Waals surface area contributed by atoms with Crippen LogP contribution in [0.5, 0.6) is 0 Å². The highest BCUT2D eigenvalue weighted by Crippen LogP contribution is 2.34. The minimum Gasteiger partial charge on any atom is -0.103 e. The lowest BCUT2D eigenvalue weighted by Gasteiger charge is -2.24. The summed E-state index contributed by atoms with van der Waals surface area (Å²) in [7, 11) is 0. The maximum Gasteiger partial charge on any atom is -0.0129 e. The first-order valence-electron chi connectivity index (χ1n) is 8.04. The predicted octanol–water partition coefficient (Wildman–Crippen LogP) is 6.81. The van der Waals surface area contributed by atoms with Gasteiger partial charge < -0.3 is 0 Å². The Balaban J connectivity index is 2.94. The van der Waals surface area contributed by atoms with Crippen molar-refractivity contribution in [1.29, 1.82) is 0 Å². The van der Waals surface area contributed by atoms with Gasteiger partial charge in [-0.15, -0.1) is 6.58 Å². The first-order chi connectivity index (χ1) is 9.99. The van der Waals surface area contributed by atoms with Crippen LogP contribution in [0.2, 0.25) is 0 Å². The summed E-state index contributed by atoms with van der Waals surface area (Å²) in [5, 5.41) is 0. The summed E-state index contributed by atoms with van der Waals surface area (Å²) in [6, 6.07) is 10.7. The van der Waals surface area contributed by atoms with Crippen molar-refractivity contribution in [3.05, 3.63) is 66.3 Å². The third-order valence-corrected chi connectivity index (χ3v) is 3.72. The van der Waals surface area contributed by atoms with Gasteiger partial charge in [0.2, 0.25) is 0 Å². The molecule has 0 bridgehead atoms. The molecule has 0 aliphatic heterocycles. The molecule has 0 heterocycles. The number of benzene rings is 1. The van der Waals surface area contributed by atoms with Crippen molar-refractivity contribution < 1.29 is 0 Å². The molecule has 0 saturated heterocycles. The molecule has 114 valence electrons. The molecule has 0 N–H and O–H groups in total. The van der Waals surface area contributed by atoms with E-state index in [0.29, 0.717) is 0 Å². The van der Waals surface area contributed by atoms with E-state index >= 15 is 0 Å². The van der Waals surface area contributed by atoms with Gasteiger partial charge in [0.15, 0.2) is 0 Å². The highest BCUT2D eigenvalue weighted by molar-refractivity contribution is 5.69. The predicted molar refractivity (Wildman–Crippen MR) is 96.3 cm³/mol. The standard InChI is InChI=1S/C21H30/c1-6-8-10-13-18(7-2)16-17-20(21(3,4)5)19-14-11-9-12-15-19/h6,9,11-15,17H,1,7-8,10,16H2,2-5H3/b18-13-,20-17+. The lowest BCUT2D eigenvalue weighted by molar-refractivity contribution is 0.565. The van der Waals surface area contributed by atoms with E-state index < -0.39 is 0 Å². The molecule has 0 aliphatic rings. The van der Waals surface area contributed by atoms with Gasteiger partial charge in [0.1, 0.15) is 0 Å². The second-order valence-corrected chi connectivity index (χ2v) is 6.52. The molecule has 1 aromatic carbocycles. The van der Waals surface area contributed by atoms with Gasteiger partial charge in [0, 0.05) is 0 Å². The SMILES string of the molecule is C=CCC/C=C(/CC)C/C=C(\c1ccccc1)C(C)(C)C. The summed E-state index contributed by atoms with van der Waals surface area (Å²) in [5.41, 5.74) is 4.47. The minimum absolute atomic E-state index is 0.168. The highest BCUT2D eigenvalue weighted by atomic mass is 14.2. The van der Waals surface area contributed by atoms with E-state index in [9.17, 15) is 0 Å². The lowest BCUT2D eigenvalue weighted by atomic mass is 9.81. The lowest BCUT2D eigenvalue weighted by Crippen LogP contribution is -2.08.